The fourth-order valence-corrected chi connectivity index (χ4v) is 3.81. The molecular formula is C24H50. The van der Waals surface area contributed by atoms with Crippen LogP contribution in [0.3, 0.4) is 0 Å². The van der Waals surface area contributed by atoms with Crippen LogP contribution in [0.2, 0.25) is 0 Å². The lowest BCUT2D eigenvalue weighted by atomic mass is 9.82. The number of rotatable bonds is 16. The summed E-state index contributed by atoms with van der Waals surface area (Å²) in [5.41, 5.74) is 0. The maximum atomic E-state index is 2.50. The van der Waals surface area contributed by atoms with Crippen LogP contribution >= 0.6 is 0 Å². The SMILES string of the molecule is CCC(C)CCCCCCC(C)CC(C)C(C)CCCC(C)CC. The Labute approximate surface area is 155 Å². The molecule has 24 heavy (non-hydrogen) atoms. The van der Waals surface area contributed by atoms with Gasteiger partial charge in [-0.2, -0.15) is 0 Å². The van der Waals surface area contributed by atoms with Crippen LogP contribution in [0.4, 0.5) is 0 Å². The second-order valence-electron chi connectivity index (χ2n) is 9.24. The molecule has 0 aromatic carbocycles. The van der Waals surface area contributed by atoms with Gasteiger partial charge in [0.2, 0.25) is 0 Å². The Morgan fingerprint density at radius 1 is 0.458 bits per heavy atom. The van der Waals surface area contributed by atoms with Gasteiger partial charge in [-0.05, 0) is 36.0 Å². The van der Waals surface area contributed by atoms with Crippen molar-refractivity contribution in [2.45, 2.75) is 126 Å². The van der Waals surface area contributed by atoms with Crippen molar-refractivity contribution in [2.24, 2.45) is 29.6 Å². The molecule has 0 saturated heterocycles. The first-order chi connectivity index (χ1) is 11.4. The maximum absolute atomic E-state index is 2.50. The quantitative estimate of drug-likeness (QED) is 0.246. The van der Waals surface area contributed by atoms with Crippen LogP contribution in [0.1, 0.15) is 126 Å². The third kappa shape index (κ3) is 13.3. The molecule has 0 N–H and O–H groups in total. The van der Waals surface area contributed by atoms with Crippen molar-refractivity contribution in [2.75, 3.05) is 0 Å². The molecule has 0 aromatic heterocycles. The Morgan fingerprint density at radius 2 is 0.917 bits per heavy atom. The lowest BCUT2D eigenvalue weighted by Crippen LogP contribution is -2.12. The molecule has 0 nitrogen and oxygen atoms in total. The van der Waals surface area contributed by atoms with Crippen molar-refractivity contribution < 1.29 is 0 Å². The molecule has 0 heterocycles. The average molecular weight is 339 g/mol. The fraction of sp³-hybridized carbons (Fsp3) is 1.00. The highest BCUT2D eigenvalue weighted by Crippen LogP contribution is 2.27. The van der Waals surface area contributed by atoms with E-state index in [2.05, 4.69) is 48.5 Å². The molecule has 0 rings (SSSR count). The first kappa shape index (κ1) is 24.0. The van der Waals surface area contributed by atoms with Crippen molar-refractivity contribution >= 4 is 0 Å². The summed E-state index contributed by atoms with van der Waals surface area (Å²) >= 11 is 0. The maximum Gasteiger partial charge on any atom is -0.0414 e. The van der Waals surface area contributed by atoms with Gasteiger partial charge in [-0.25, -0.2) is 0 Å². The molecule has 0 radical (unpaired) electrons. The second kappa shape index (κ2) is 15.3. The smallest absolute Gasteiger partial charge is 0.0414 e. The number of hydrogen-bond acceptors (Lipinski definition) is 0. The molecule has 0 aromatic rings. The van der Waals surface area contributed by atoms with E-state index < -0.39 is 0 Å². The third-order valence-corrected chi connectivity index (χ3v) is 6.64. The Kier molecular flexibility index (Phi) is 15.3. The van der Waals surface area contributed by atoms with Gasteiger partial charge in [0, 0.05) is 0 Å². The molecule has 0 fully saturated rings. The molecule has 5 atom stereocenters. The van der Waals surface area contributed by atoms with Crippen LogP contribution in [0, 0.1) is 29.6 Å². The molecule has 0 heteroatoms. The topological polar surface area (TPSA) is 0 Å². The van der Waals surface area contributed by atoms with Crippen molar-refractivity contribution in [3.63, 3.8) is 0 Å². The second-order valence-corrected chi connectivity index (χ2v) is 9.24. The fourth-order valence-electron chi connectivity index (χ4n) is 3.81. The van der Waals surface area contributed by atoms with Gasteiger partial charge in [0.05, 0.1) is 0 Å². The van der Waals surface area contributed by atoms with Gasteiger partial charge < -0.3 is 0 Å². The average Bonchev–Trinajstić information content (AvgIpc) is 2.56. The van der Waals surface area contributed by atoms with E-state index in [-0.39, 0.29) is 0 Å². The van der Waals surface area contributed by atoms with Crippen molar-refractivity contribution in [1.29, 1.82) is 0 Å². The van der Waals surface area contributed by atoms with Crippen molar-refractivity contribution in [3.8, 4) is 0 Å². The van der Waals surface area contributed by atoms with Crippen LogP contribution in [0.15, 0.2) is 0 Å². The van der Waals surface area contributed by atoms with E-state index in [1.807, 2.05) is 0 Å². The first-order valence-electron chi connectivity index (χ1n) is 11.4. The molecule has 146 valence electrons. The van der Waals surface area contributed by atoms with Crippen LogP contribution in [-0.2, 0) is 0 Å². The highest BCUT2D eigenvalue weighted by Gasteiger charge is 2.15. The lowest BCUT2D eigenvalue weighted by Gasteiger charge is -2.24. The molecule has 0 aliphatic heterocycles. The highest BCUT2D eigenvalue weighted by atomic mass is 14.2. The molecule has 0 aliphatic carbocycles. The van der Waals surface area contributed by atoms with E-state index >= 15 is 0 Å². The summed E-state index contributed by atoms with van der Waals surface area (Å²) in [5, 5.41) is 0. The van der Waals surface area contributed by atoms with Crippen LogP contribution in [-0.4, -0.2) is 0 Å². The first-order valence-corrected chi connectivity index (χ1v) is 11.4. The van der Waals surface area contributed by atoms with Gasteiger partial charge in [-0.3, -0.25) is 0 Å². The Balaban J connectivity index is 3.65. The summed E-state index contributed by atoms with van der Waals surface area (Å²) in [6.07, 6.45) is 17.2. The van der Waals surface area contributed by atoms with Crippen molar-refractivity contribution in [3.05, 3.63) is 0 Å². The summed E-state index contributed by atoms with van der Waals surface area (Å²) < 4.78 is 0. The number of hydrogen-bond donors (Lipinski definition) is 0. The summed E-state index contributed by atoms with van der Waals surface area (Å²) in [4.78, 5) is 0. The molecule has 0 spiro atoms. The standard InChI is InChI=1S/C24H50/c1-8-20(3)15-12-10-11-13-16-22(5)19-24(7)23(6)18-14-17-21(4)9-2/h20-24H,8-19H2,1-7H3. The number of unbranched alkanes of at least 4 members (excludes halogenated alkanes) is 3. The zero-order valence-electron chi connectivity index (χ0n) is 18.4. The minimum Gasteiger partial charge on any atom is -0.0651 e. The van der Waals surface area contributed by atoms with Gasteiger partial charge >= 0.3 is 0 Å². The zero-order chi connectivity index (χ0) is 18.4. The van der Waals surface area contributed by atoms with Gasteiger partial charge in [0.1, 0.15) is 0 Å². The summed E-state index contributed by atoms with van der Waals surface area (Å²) in [7, 11) is 0. The molecule has 5 unspecified atom stereocenters. The largest absolute Gasteiger partial charge is 0.0651 e. The van der Waals surface area contributed by atoms with E-state index in [0.29, 0.717) is 0 Å². The Morgan fingerprint density at radius 3 is 1.42 bits per heavy atom. The highest BCUT2D eigenvalue weighted by molar-refractivity contribution is 4.67. The predicted octanol–water partition coefficient (Wildman–Crippen LogP) is 8.89. The molecule has 0 saturated carbocycles. The third-order valence-electron chi connectivity index (χ3n) is 6.64. The van der Waals surface area contributed by atoms with E-state index in [4.69, 9.17) is 0 Å². The Bertz CT molecular complexity index is 257. The minimum atomic E-state index is 0.905. The normalized spacial score (nSPS) is 18.1. The van der Waals surface area contributed by atoms with Gasteiger partial charge in [0.25, 0.3) is 0 Å². The Hall–Kier alpha value is 0. The molecular weight excluding hydrogens is 288 g/mol. The van der Waals surface area contributed by atoms with E-state index in [0.717, 1.165) is 29.6 Å². The molecule has 0 aliphatic rings. The monoisotopic (exact) mass is 338 g/mol. The summed E-state index contributed by atoms with van der Waals surface area (Å²) in [6, 6.07) is 0. The van der Waals surface area contributed by atoms with Crippen molar-refractivity contribution in [1.82, 2.24) is 0 Å². The van der Waals surface area contributed by atoms with Gasteiger partial charge in [-0.1, -0.05) is 119 Å². The summed E-state index contributed by atoms with van der Waals surface area (Å²) in [6.45, 7) is 16.9. The van der Waals surface area contributed by atoms with Gasteiger partial charge in [0.15, 0.2) is 0 Å². The van der Waals surface area contributed by atoms with Crippen LogP contribution in [0.5, 0.6) is 0 Å². The lowest BCUT2D eigenvalue weighted by molar-refractivity contribution is 0.278. The van der Waals surface area contributed by atoms with E-state index in [9.17, 15) is 0 Å². The van der Waals surface area contributed by atoms with Crippen LogP contribution < -0.4 is 0 Å². The zero-order valence-corrected chi connectivity index (χ0v) is 18.4. The molecule has 0 bridgehead atoms. The minimum absolute atomic E-state index is 0.905. The summed E-state index contributed by atoms with van der Waals surface area (Å²) in [5.74, 6) is 4.60. The van der Waals surface area contributed by atoms with Crippen LogP contribution in [0.25, 0.3) is 0 Å². The molecule has 0 amide bonds. The van der Waals surface area contributed by atoms with Gasteiger partial charge in [-0.15, -0.1) is 0 Å². The predicted molar refractivity (Wildman–Crippen MR) is 113 cm³/mol. The van der Waals surface area contributed by atoms with E-state index in [1.54, 1.807) is 0 Å². The van der Waals surface area contributed by atoms with E-state index in [1.165, 1.54) is 77.0 Å².